The van der Waals surface area contributed by atoms with E-state index in [2.05, 4.69) is 20.9 Å². The number of benzene rings is 1. The molecule has 0 heterocycles. The fourth-order valence-corrected chi connectivity index (χ4v) is 3.89. The minimum absolute atomic E-state index is 0.0342. The van der Waals surface area contributed by atoms with Crippen LogP contribution in [0.1, 0.15) is 31.7 Å². The van der Waals surface area contributed by atoms with Gasteiger partial charge in [-0.05, 0) is 43.8 Å². The number of aliphatic carboxylic acids is 1. The summed E-state index contributed by atoms with van der Waals surface area (Å²) in [4.78, 5) is 54.4. The van der Waals surface area contributed by atoms with E-state index in [9.17, 15) is 29.4 Å². The molecule has 0 bridgehead atoms. The minimum atomic E-state index is -1.58. The number of aliphatic hydroxyl groups is 1. The Hall–Kier alpha value is -3.36. The van der Waals surface area contributed by atoms with Gasteiger partial charge in [-0.1, -0.05) is 30.3 Å². The topological polar surface area (TPSA) is 235 Å². The van der Waals surface area contributed by atoms with Gasteiger partial charge in [0.15, 0.2) is 12.0 Å². The van der Waals surface area contributed by atoms with Gasteiger partial charge in [-0.3, -0.25) is 19.4 Å². The van der Waals surface area contributed by atoms with Crippen LogP contribution < -0.4 is 33.2 Å². The van der Waals surface area contributed by atoms with Crippen LogP contribution in [0.15, 0.2) is 35.3 Å². The molecule has 0 saturated heterocycles. The van der Waals surface area contributed by atoms with Crippen molar-refractivity contribution in [3.63, 3.8) is 0 Å². The molecule has 5 atom stereocenters. The smallest absolute Gasteiger partial charge is 0.328 e. The molecule has 3 amide bonds. The Morgan fingerprint density at radius 2 is 1.58 bits per heavy atom. The Morgan fingerprint density at radius 3 is 2.13 bits per heavy atom. The fraction of sp³-hybridized carbons (Fsp3) is 0.542. The molecule has 11 N–H and O–H groups in total. The monoisotopic (exact) mass is 553 g/mol. The Bertz CT molecular complexity index is 943. The van der Waals surface area contributed by atoms with Gasteiger partial charge in [-0.25, -0.2) is 4.79 Å². The van der Waals surface area contributed by atoms with Crippen LogP contribution in [0.2, 0.25) is 0 Å². The number of guanidine groups is 1. The molecule has 0 aliphatic heterocycles. The number of amides is 3. The first-order chi connectivity index (χ1) is 18.0. The molecule has 1 aromatic rings. The van der Waals surface area contributed by atoms with Crippen LogP contribution in [0.4, 0.5) is 0 Å². The van der Waals surface area contributed by atoms with Gasteiger partial charge in [0.1, 0.15) is 12.1 Å². The number of thioether (sulfide) groups is 1. The van der Waals surface area contributed by atoms with Crippen LogP contribution in [0.5, 0.6) is 0 Å². The zero-order chi connectivity index (χ0) is 28.7. The van der Waals surface area contributed by atoms with Crippen molar-refractivity contribution < 1.29 is 29.4 Å². The van der Waals surface area contributed by atoms with Crippen molar-refractivity contribution in [1.82, 2.24) is 16.0 Å². The number of aliphatic imine (C=N–C) groups is 1. The van der Waals surface area contributed by atoms with Crippen LogP contribution in [0, 0.1) is 0 Å². The van der Waals surface area contributed by atoms with E-state index in [1.165, 1.54) is 18.7 Å². The van der Waals surface area contributed by atoms with Gasteiger partial charge in [0.2, 0.25) is 17.7 Å². The van der Waals surface area contributed by atoms with Crippen molar-refractivity contribution >= 4 is 41.4 Å². The van der Waals surface area contributed by atoms with E-state index in [1.54, 1.807) is 30.3 Å². The lowest BCUT2D eigenvalue weighted by atomic mass is 10.0. The molecule has 0 radical (unpaired) electrons. The third-order valence-corrected chi connectivity index (χ3v) is 6.15. The molecule has 5 unspecified atom stereocenters. The molecule has 13 nitrogen and oxygen atoms in total. The summed E-state index contributed by atoms with van der Waals surface area (Å²) in [6.45, 7) is 1.44. The number of carboxylic acids is 1. The lowest BCUT2D eigenvalue weighted by Gasteiger charge is -2.26. The summed E-state index contributed by atoms with van der Waals surface area (Å²) in [5.41, 5.74) is 17.3. The third-order valence-electron chi connectivity index (χ3n) is 5.51. The predicted octanol–water partition coefficient (Wildman–Crippen LogP) is -1.72. The number of carboxylic acid groups (broad SMARTS) is 1. The summed E-state index contributed by atoms with van der Waals surface area (Å²) in [5, 5.41) is 26.6. The number of hydrogen-bond acceptors (Lipinski definition) is 8. The van der Waals surface area contributed by atoms with Crippen molar-refractivity contribution in [2.45, 2.75) is 62.9 Å². The summed E-state index contributed by atoms with van der Waals surface area (Å²) < 4.78 is 0. The number of nitrogens with zero attached hydrogens (tertiary/aromatic N) is 1. The van der Waals surface area contributed by atoms with E-state index in [1.807, 2.05) is 6.26 Å². The first-order valence-electron chi connectivity index (χ1n) is 12.1. The van der Waals surface area contributed by atoms with Crippen LogP contribution in [-0.4, -0.2) is 88.7 Å². The highest BCUT2D eigenvalue weighted by Gasteiger charge is 2.32. The van der Waals surface area contributed by atoms with Crippen LogP contribution in [-0.2, 0) is 25.6 Å². The number of aliphatic hydroxyl groups excluding tert-OH is 1. The summed E-state index contributed by atoms with van der Waals surface area (Å²) in [7, 11) is 0. The second-order valence-electron chi connectivity index (χ2n) is 8.71. The molecular formula is C24H39N7O6S. The highest BCUT2D eigenvalue weighted by Crippen LogP contribution is 2.08. The summed E-state index contributed by atoms with van der Waals surface area (Å²) in [6.07, 6.45) is 1.44. The van der Waals surface area contributed by atoms with Crippen LogP contribution >= 0.6 is 11.8 Å². The number of rotatable bonds is 17. The SMILES string of the molecule is CSCCC(N)C(=O)NC(CCCN=C(N)N)C(=O)NC(Cc1ccccc1)C(=O)NC(C(=O)O)C(C)O. The molecule has 14 heteroatoms. The molecule has 1 aromatic carbocycles. The Labute approximate surface area is 226 Å². The Morgan fingerprint density at radius 1 is 0.974 bits per heavy atom. The minimum Gasteiger partial charge on any atom is -0.480 e. The average molecular weight is 554 g/mol. The van der Waals surface area contributed by atoms with Crippen LogP contribution in [0.3, 0.4) is 0 Å². The number of nitrogens with one attached hydrogen (secondary N) is 3. The van der Waals surface area contributed by atoms with E-state index < -0.39 is 54.0 Å². The van der Waals surface area contributed by atoms with Crippen molar-refractivity contribution in [2.24, 2.45) is 22.2 Å². The van der Waals surface area contributed by atoms with Gasteiger partial charge in [-0.15, -0.1) is 0 Å². The van der Waals surface area contributed by atoms with Gasteiger partial charge in [-0.2, -0.15) is 11.8 Å². The van der Waals surface area contributed by atoms with Gasteiger partial charge < -0.3 is 43.4 Å². The van der Waals surface area contributed by atoms with E-state index >= 15 is 0 Å². The second-order valence-corrected chi connectivity index (χ2v) is 9.70. The average Bonchev–Trinajstić information content (AvgIpc) is 2.86. The first kappa shape index (κ1) is 32.7. The Balaban J connectivity index is 3.13. The lowest BCUT2D eigenvalue weighted by molar-refractivity contribution is -0.145. The summed E-state index contributed by atoms with van der Waals surface area (Å²) in [5.74, 6) is -2.88. The number of hydrogen-bond donors (Lipinski definition) is 8. The molecule has 0 fully saturated rings. The highest BCUT2D eigenvalue weighted by atomic mass is 32.2. The zero-order valence-electron chi connectivity index (χ0n) is 21.6. The van der Waals surface area contributed by atoms with Crippen LogP contribution in [0.25, 0.3) is 0 Å². The quantitative estimate of drug-likeness (QED) is 0.0617. The van der Waals surface area contributed by atoms with Crippen molar-refractivity contribution in [3.8, 4) is 0 Å². The molecule has 0 saturated carbocycles. The largest absolute Gasteiger partial charge is 0.480 e. The van der Waals surface area contributed by atoms with Gasteiger partial charge in [0.05, 0.1) is 12.1 Å². The number of nitrogens with two attached hydrogens (primary N) is 3. The van der Waals surface area contributed by atoms with E-state index in [0.717, 1.165) is 0 Å². The fourth-order valence-electron chi connectivity index (χ4n) is 3.40. The number of carbonyl (C=O) groups excluding carboxylic acids is 3. The van der Waals surface area contributed by atoms with Gasteiger partial charge >= 0.3 is 5.97 Å². The number of carbonyl (C=O) groups is 4. The normalized spacial score (nSPS) is 14.7. The van der Waals surface area contributed by atoms with E-state index in [0.29, 0.717) is 24.2 Å². The summed E-state index contributed by atoms with van der Waals surface area (Å²) in [6, 6.07) is 4.11. The lowest BCUT2D eigenvalue weighted by Crippen LogP contribution is -2.58. The molecule has 38 heavy (non-hydrogen) atoms. The zero-order valence-corrected chi connectivity index (χ0v) is 22.4. The molecule has 1 rings (SSSR count). The molecular weight excluding hydrogens is 514 g/mol. The van der Waals surface area contributed by atoms with Crippen molar-refractivity contribution in [2.75, 3.05) is 18.6 Å². The molecule has 0 aliphatic rings. The maximum absolute atomic E-state index is 13.3. The molecule has 0 spiro atoms. The second kappa shape index (κ2) is 17.2. The van der Waals surface area contributed by atoms with E-state index in [4.69, 9.17) is 17.2 Å². The summed E-state index contributed by atoms with van der Waals surface area (Å²) >= 11 is 1.53. The third kappa shape index (κ3) is 12.3. The van der Waals surface area contributed by atoms with Gasteiger partial charge in [0.25, 0.3) is 0 Å². The molecule has 0 aromatic heterocycles. The standard InChI is InChI=1S/C24H39N7O6S/c1-14(32)19(23(36)37)31-22(35)18(13-15-7-4-3-5-8-15)30-21(34)17(9-6-11-28-24(26)27)29-20(33)16(25)10-12-38-2/h3-5,7-8,14,16-19,32H,6,9-13,25H2,1-2H3,(H,29,33)(H,30,34)(H,31,35)(H,36,37)(H4,26,27,28). The highest BCUT2D eigenvalue weighted by molar-refractivity contribution is 7.98. The molecule has 0 aliphatic carbocycles. The van der Waals surface area contributed by atoms with E-state index in [-0.39, 0.29) is 25.3 Å². The van der Waals surface area contributed by atoms with Crippen molar-refractivity contribution in [1.29, 1.82) is 0 Å². The Kier molecular flexibility index (Phi) is 14.8. The predicted molar refractivity (Wildman–Crippen MR) is 146 cm³/mol. The molecule has 212 valence electrons. The maximum atomic E-state index is 13.3. The first-order valence-corrected chi connectivity index (χ1v) is 13.5. The maximum Gasteiger partial charge on any atom is 0.328 e. The van der Waals surface area contributed by atoms with Gasteiger partial charge in [0, 0.05) is 13.0 Å². The van der Waals surface area contributed by atoms with Crippen molar-refractivity contribution in [3.05, 3.63) is 35.9 Å².